The van der Waals surface area contributed by atoms with Crippen LogP contribution in [0.15, 0.2) is 46.6 Å². The number of nitrogens with zero attached hydrogens (tertiary/aromatic N) is 1. The third kappa shape index (κ3) is 4.80. The minimum Gasteiger partial charge on any atom is -0.348 e. The molecule has 0 radical (unpaired) electrons. The molecule has 1 aliphatic rings. The van der Waals surface area contributed by atoms with Crippen molar-refractivity contribution >= 4 is 21.8 Å². The van der Waals surface area contributed by atoms with Gasteiger partial charge in [-0.25, -0.2) is 0 Å². The van der Waals surface area contributed by atoms with Crippen molar-refractivity contribution in [3.63, 3.8) is 0 Å². The zero-order valence-electron chi connectivity index (χ0n) is 13.3. The van der Waals surface area contributed by atoms with Crippen molar-refractivity contribution < 1.29 is 4.79 Å². The minimum absolute atomic E-state index is 0.0741. The molecule has 2 rings (SSSR count). The van der Waals surface area contributed by atoms with Crippen LogP contribution in [0.2, 0.25) is 0 Å². The summed E-state index contributed by atoms with van der Waals surface area (Å²) in [7, 11) is 0. The lowest BCUT2D eigenvalue weighted by Gasteiger charge is -2.19. The van der Waals surface area contributed by atoms with Crippen LogP contribution in [0.5, 0.6) is 0 Å². The second kappa shape index (κ2) is 7.73. The summed E-state index contributed by atoms with van der Waals surface area (Å²) < 4.78 is 0.940. The van der Waals surface area contributed by atoms with Crippen LogP contribution in [0.3, 0.4) is 0 Å². The van der Waals surface area contributed by atoms with Crippen LogP contribution < -0.4 is 5.32 Å². The molecule has 0 saturated carbocycles. The first-order valence-electron chi connectivity index (χ1n) is 7.74. The normalized spacial score (nSPS) is 19.0. The van der Waals surface area contributed by atoms with E-state index in [1.807, 2.05) is 19.1 Å². The van der Waals surface area contributed by atoms with Crippen LogP contribution in [0.1, 0.15) is 45.3 Å². The maximum absolute atomic E-state index is 12.2. The number of hydrogen-bond donors (Lipinski definition) is 1. The lowest BCUT2D eigenvalue weighted by atomic mass is 9.89. The number of carbonyl (C=O) groups excluding carboxylic acids is 1. The molecule has 3 nitrogen and oxygen atoms in total. The number of hydrogen-bond acceptors (Lipinski definition) is 2. The highest BCUT2D eigenvalue weighted by Gasteiger charge is 2.16. The topological polar surface area (TPSA) is 42.0 Å². The van der Waals surface area contributed by atoms with Gasteiger partial charge in [-0.2, -0.15) is 0 Å². The molecule has 1 unspecified atom stereocenters. The van der Waals surface area contributed by atoms with E-state index < -0.39 is 0 Å². The Balaban J connectivity index is 1.84. The first kappa shape index (κ1) is 16.9. The summed E-state index contributed by atoms with van der Waals surface area (Å²) in [5.41, 5.74) is 2.24. The Bertz CT molecular complexity index is 575. The SMILES string of the molecule is CC(C)C1=CCC(CC(=O)N[C@H](C)c2ccc(Br)cn2)C=C1. The molecule has 1 aromatic rings. The Labute approximate surface area is 141 Å². The molecule has 1 amide bonds. The molecule has 22 heavy (non-hydrogen) atoms. The van der Waals surface area contributed by atoms with Crippen molar-refractivity contribution in [2.24, 2.45) is 11.8 Å². The van der Waals surface area contributed by atoms with Gasteiger partial charge < -0.3 is 5.32 Å². The van der Waals surface area contributed by atoms with Crippen LogP contribution in [-0.4, -0.2) is 10.9 Å². The van der Waals surface area contributed by atoms with Crippen molar-refractivity contribution in [2.75, 3.05) is 0 Å². The molecule has 0 spiro atoms. The Hall–Kier alpha value is -1.42. The standard InChI is InChI=1S/C18H23BrN2O/c1-12(2)15-6-4-14(5-7-15)10-18(22)21-13(3)17-9-8-16(19)11-20-17/h4,6-9,11-14H,5,10H2,1-3H3,(H,21,22)/t13-,14?/m1/s1. The summed E-state index contributed by atoms with van der Waals surface area (Å²) in [6.07, 6.45) is 9.80. The van der Waals surface area contributed by atoms with Crippen molar-refractivity contribution in [1.29, 1.82) is 0 Å². The third-order valence-electron chi connectivity index (χ3n) is 3.90. The molecule has 0 saturated heterocycles. The number of amides is 1. The molecule has 0 fully saturated rings. The van der Waals surface area contributed by atoms with E-state index in [0.717, 1.165) is 16.6 Å². The number of halogens is 1. The molecular weight excluding hydrogens is 340 g/mol. The van der Waals surface area contributed by atoms with Crippen LogP contribution in [0.4, 0.5) is 0 Å². The molecule has 1 aromatic heterocycles. The quantitative estimate of drug-likeness (QED) is 0.833. The van der Waals surface area contributed by atoms with E-state index in [0.29, 0.717) is 18.3 Å². The number of allylic oxidation sites excluding steroid dienone is 4. The maximum atomic E-state index is 12.2. The Morgan fingerprint density at radius 3 is 2.73 bits per heavy atom. The van der Waals surface area contributed by atoms with Crippen molar-refractivity contribution in [3.05, 3.63) is 52.3 Å². The van der Waals surface area contributed by atoms with E-state index in [1.54, 1.807) is 6.20 Å². The van der Waals surface area contributed by atoms with Gasteiger partial charge >= 0.3 is 0 Å². The van der Waals surface area contributed by atoms with Gasteiger partial charge in [-0.1, -0.05) is 32.1 Å². The zero-order chi connectivity index (χ0) is 16.1. The Kier molecular flexibility index (Phi) is 5.95. The maximum Gasteiger partial charge on any atom is 0.221 e. The van der Waals surface area contributed by atoms with E-state index in [9.17, 15) is 4.79 Å². The fourth-order valence-corrected chi connectivity index (χ4v) is 2.75. The van der Waals surface area contributed by atoms with E-state index in [-0.39, 0.29) is 11.9 Å². The third-order valence-corrected chi connectivity index (χ3v) is 4.37. The largest absolute Gasteiger partial charge is 0.348 e. The van der Waals surface area contributed by atoms with Gasteiger partial charge in [-0.05, 0) is 58.8 Å². The predicted molar refractivity (Wildman–Crippen MR) is 93.3 cm³/mol. The van der Waals surface area contributed by atoms with Crippen LogP contribution >= 0.6 is 15.9 Å². The van der Waals surface area contributed by atoms with Gasteiger partial charge in [0.25, 0.3) is 0 Å². The summed E-state index contributed by atoms with van der Waals surface area (Å²) in [6, 6.07) is 3.79. The number of carbonyl (C=O) groups is 1. The molecule has 2 atom stereocenters. The molecule has 0 aliphatic heterocycles. The van der Waals surface area contributed by atoms with Crippen molar-refractivity contribution in [3.8, 4) is 0 Å². The fraction of sp³-hybridized carbons (Fsp3) is 0.444. The smallest absolute Gasteiger partial charge is 0.221 e. The summed E-state index contributed by atoms with van der Waals surface area (Å²) in [5.74, 6) is 0.926. The van der Waals surface area contributed by atoms with Gasteiger partial charge in [-0.15, -0.1) is 0 Å². The molecule has 1 aliphatic carbocycles. The van der Waals surface area contributed by atoms with E-state index in [4.69, 9.17) is 0 Å². The number of aromatic nitrogens is 1. The van der Waals surface area contributed by atoms with Crippen molar-refractivity contribution in [1.82, 2.24) is 10.3 Å². The van der Waals surface area contributed by atoms with E-state index in [2.05, 4.69) is 58.3 Å². The van der Waals surface area contributed by atoms with Gasteiger partial charge in [0.05, 0.1) is 11.7 Å². The van der Waals surface area contributed by atoms with Crippen molar-refractivity contribution in [2.45, 2.75) is 39.7 Å². The van der Waals surface area contributed by atoms with Crippen LogP contribution in [0, 0.1) is 11.8 Å². The van der Waals surface area contributed by atoms with Gasteiger partial charge in [0.1, 0.15) is 0 Å². The number of nitrogens with one attached hydrogen (secondary N) is 1. The Morgan fingerprint density at radius 1 is 1.41 bits per heavy atom. The van der Waals surface area contributed by atoms with Gasteiger partial charge in [0, 0.05) is 17.1 Å². The fourth-order valence-electron chi connectivity index (χ4n) is 2.52. The molecule has 1 heterocycles. The van der Waals surface area contributed by atoms with Gasteiger partial charge in [0.2, 0.25) is 5.91 Å². The zero-order valence-corrected chi connectivity index (χ0v) is 14.9. The molecule has 0 aromatic carbocycles. The minimum atomic E-state index is -0.0741. The number of pyridine rings is 1. The first-order chi connectivity index (χ1) is 10.5. The second-order valence-corrected chi connectivity index (χ2v) is 7.02. The van der Waals surface area contributed by atoms with Crippen LogP contribution in [-0.2, 0) is 4.79 Å². The van der Waals surface area contributed by atoms with Gasteiger partial charge in [-0.3, -0.25) is 9.78 Å². The molecule has 1 N–H and O–H groups in total. The summed E-state index contributed by atoms with van der Waals surface area (Å²) >= 11 is 3.36. The highest BCUT2D eigenvalue weighted by molar-refractivity contribution is 9.10. The van der Waals surface area contributed by atoms with E-state index >= 15 is 0 Å². The first-order valence-corrected chi connectivity index (χ1v) is 8.54. The average Bonchev–Trinajstić information content (AvgIpc) is 2.48. The van der Waals surface area contributed by atoms with E-state index in [1.165, 1.54) is 5.57 Å². The Morgan fingerprint density at radius 2 is 2.18 bits per heavy atom. The molecule has 4 heteroatoms. The summed E-state index contributed by atoms with van der Waals surface area (Å²) in [6.45, 7) is 6.34. The summed E-state index contributed by atoms with van der Waals surface area (Å²) in [5, 5.41) is 3.03. The highest BCUT2D eigenvalue weighted by atomic mass is 79.9. The highest BCUT2D eigenvalue weighted by Crippen LogP contribution is 2.24. The monoisotopic (exact) mass is 362 g/mol. The second-order valence-electron chi connectivity index (χ2n) is 6.11. The lowest BCUT2D eigenvalue weighted by Crippen LogP contribution is -2.28. The van der Waals surface area contributed by atoms with Crippen LogP contribution in [0.25, 0.3) is 0 Å². The number of rotatable bonds is 5. The van der Waals surface area contributed by atoms with Gasteiger partial charge in [0.15, 0.2) is 0 Å². The predicted octanol–water partition coefficient (Wildman–Crippen LogP) is 4.57. The summed E-state index contributed by atoms with van der Waals surface area (Å²) in [4.78, 5) is 16.5. The molecule has 0 bridgehead atoms. The lowest BCUT2D eigenvalue weighted by molar-refractivity contribution is -0.122. The molecule has 118 valence electrons. The molecular formula is C18H23BrN2O. The average molecular weight is 363 g/mol.